The van der Waals surface area contributed by atoms with E-state index < -0.39 is 5.25 Å². The van der Waals surface area contributed by atoms with Crippen molar-refractivity contribution in [3.63, 3.8) is 0 Å². The summed E-state index contributed by atoms with van der Waals surface area (Å²) in [7, 11) is 0. The summed E-state index contributed by atoms with van der Waals surface area (Å²) in [6.45, 7) is 3.17. The molecule has 3 rings (SSSR count). The van der Waals surface area contributed by atoms with Crippen molar-refractivity contribution in [3.05, 3.63) is 65.5 Å². The number of ketones is 1. The van der Waals surface area contributed by atoms with Crippen molar-refractivity contribution in [2.45, 2.75) is 25.5 Å². The van der Waals surface area contributed by atoms with E-state index in [1.807, 2.05) is 0 Å². The van der Waals surface area contributed by atoms with Gasteiger partial charge in [-0.1, -0.05) is 36.0 Å². The zero-order valence-electron chi connectivity index (χ0n) is 16.3. The molecule has 154 valence electrons. The lowest BCUT2D eigenvalue weighted by Gasteiger charge is -2.08. The highest BCUT2D eigenvalue weighted by molar-refractivity contribution is 8.15. The van der Waals surface area contributed by atoms with Crippen LogP contribution >= 0.6 is 11.8 Å². The molecule has 1 heterocycles. The Kier molecular flexibility index (Phi) is 6.73. The van der Waals surface area contributed by atoms with Gasteiger partial charge in [-0.25, -0.2) is 4.39 Å². The first-order chi connectivity index (χ1) is 14.3. The molecule has 0 spiro atoms. The van der Waals surface area contributed by atoms with Gasteiger partial charge < -0.3 is 10.6 Å². The van der Waals surface area contributed by atoms with Gasteiger partial charge in [0, 0.05) is 17.7 Å². The summed E-state index contributed by atoms with van der Waals surface area (Å²) in [6.07, 6.45) is -0.0551. The second-order valence-corrected chi connectivity index (χ2v) is 7.77. The van der Waals surface area contributed by atoms with E-state index in [0.29, 0.717) is 22.5 Å². The van der Waals surface area contributed by atoms with E-state index in [4.69, 9.17) is 0 Å². The molecule has 1 atom stereocenters. The van der Waals surface area contributed by atoms with Gasteiger partial charge in [-0.15, -0.1) is 5.10 Å². The Balaban J connectivity index is 1.60. The molecule has 0 bridgehead atoms. The molecule has 2 aromatic rings. The number of hydrogen-bond acceptors (Lipinski definition) is 6. The molecule has 0 aromatic heterocycles. The Morgan fingerprint density at radius 1 is 1.13 bits per heavy atom. The first-order valence-electron chi connectivity index (χ1n) is 9.08. The molecule has 1 aliphatic rings. The van der Waals surface area contributed by atoms with Gasteiger partial charge in [0.05, 0.1) is 5.71 Å². The van der Waals surface area contributed by atoms with Crippen molar-refractivity contribution >= 4 is 45.9 Å². The lowest BCUT2D eigenvalue weighted by molar-refractivity contribution is -0.122. The number of hydrogen-bond donors (Lipinski definition) is 2. The van der Waals surface area contributed by atoms with Crippen LogP contribution in [0.2, 0.25) is 0 Å². The lowest BCUT2D eigenvalue weighted by Crippen LogP contribution is -2.28. The number of amides is 2. The summed E-state index contributed by atoms with van der Waals surface area (Å²) in [4.78, 5) is 35.9. The summed E-state index contributed by atoms with van der Waals surface area (Å²) in [5, 5.41) is 13.0. The number of rotatable bonds is 6. The number of carbonyl (C=O) groups excluding carboxylic acids is 3. The molecule has 30 heavy (non-hydrogen) atoms. The summed E-state index contributed by atoms with van der Waals surface area (Å²) < 4.78 is 13.0. The van der Waals surface area contributed by atoms with Crippen LogP contribution in [-0.2, 0) is 9.59 Å². The fraction of sp³-hybridized carbons (Fsp3) is 0.190. The second kappa shape index (κ2) is 9.45. The van der Waals surface area contributed by atoms with Gasteiger partial charge in [-0.05, 0) is 43.7 Å². The Bertz CT molecular complexity index is 1050. The number of nitrogens with zero attached hydrogens (tertiary/aromatic N) is 2. The normalized spacial score (nSPS) is 17.7. The smallest absolute Gasteiger partial charge is 0.240 e. The maximum Gasteiger partial charge on any atom is 0.240 e. The van der Waals surface area contributed by atoms with E-state index >= 15 is 0 Å². The standard InChI is InChI=1S/C21H19FN4O3S/c1-12(14-6-8-16(22)9-7-14)25-26-21-24-20(29)18(30-21)11-19(28)23-17-5-3-4-15(10-17)13(2)27/h3-10,18H,11H2,1-2H3,(H,23,28)(H,24,26,29)/t18-/m1/s1. The topological polar surface area (TPSA) is 100.0 Å². The van der Waals surface area contributed by atoms with Gasteiger partial charge in [-0.2, -0.15) is 5.10 Å². The molecule has 1 aliphatic heterocycles. The molecular weight excluding hydrogens is 407 g/mol. The van der Waals surface area contributed by atoms with Crippen LogP contribution in [0.15, 0.2) is 58.7 Å². The van der Waals surface area contributed by atoms with Crippen LogP contribution in [0.1, 0.15) is 36.2 Å². The van der Waals surface area contributed by atoms with Crippen molar-refractivity contribution in [1.82, 2.24) is 5.32 Å². The van der Waals surface area contributed by atoms with Gasteiger partial charge in [0.25, 0.3) is 0 Å². The molecule has 0 saturated carbocycles. The third-order valence-corrected chi connectivity index (χ3v) is 5.33. The van der Waals surface area contributed by atoms with Crippen LogP contribution in [0.4, 0.5) is 10.1 Å². The van der Waals surface area contributed by atoms with Crippen LogP contribution < -0.4 is 10.6 Å². The molecule has 0 radical (unpaired) electrons. The minimum absolute atomic E-state index is 0.0551. The maximum atomic E-state index is 13.0. The van der Waals surface area contributed by atoms with Gasteiger partial charge in [0.15, 0.2) is 11.0 Å². The molecule has 1 fully saturated rings. The summed E-state index contributed by atoms with van der Waals surface area (Å²) in [6, 6.07) is 12.4. The number of nitrogens with one attached hydrogen (secondary N) is 2. The molecule has 0 aliphatic carbocycles. The third kappa shape index (κ3) is 5.60. The van der Waals surface area contributed by atoms with E-state index in [9.17, 15) is 18.8 Å². The summed E-state index contributed by atoms with van der Waals surface area (Å²) in [5.74, 6) is -1.13. The van der Waals surface area contributed by atoms with E-state index in [2.05, 4.69) is 20.8 Å². The number of carbonyl (C=O) groups is 3. The van der Waals surface area contributed by atoms with Crippen molar-refractivity contribution in [3.8, 4) is 0 Å². The van der Waals surface area contributed by atoms with Crippen molar-refractivity contribution in [2.24, 2.45) is 10.2 Å². The van der Waals surface area contributed by atoms with E-state index in [1.54, 1.807) is 43.3 Å². The SMILES string of the molecule is CC(=O)c1cccc(NC(=O)C[C@H]2SC(=NN=C(C)c3ccc(F)cc3)NC2=O)c1. The first kappa shape index (κ1) is 21.4. The number of amidine groups is 1. The highest BCUT2D eigenvalue weighted by Gasteiger charge is 2.32. The largest absolute Gasteiger partial charge is 0.326 e. The van der Waals surface area contributed by atoms with Crippen molar-refractivity contribution < 1.29 is 18.8 Å². The predicted octanol–water partition coefficient (Wildman–Crippen LogP) is 3.37. The second-order valence-electron chi connectivity index (χ2n) is 6.58. The fourth-order valence-corrected chi connectivity index (χ4v) is 3.57. The van der Waals surface area contributed by atoms with Gasteiger partial charge in [0.1, 0.15) is 11.1 Å². The highest BCUT2D eigenvalue weighted by Crippen LogP contribution is 2.23. The minimum atomic E-state index is -0.638. The number of benzene rings is 2. The monoisotopic (exact) mass is 426 g/mol. The molecule has 2 N–H and O–H groups in total. The van der Waals surface area contributed by atoms with Crippen LogP contribution in [0.5, 0.6) is 0 Å². The number of Topliss-reactive ketones (excluding diaryl/α,β-unsaturated/α-hetero) is 1. The molecule has 2 amide bonds. The van der Waals surface area contributed by atoms with E-state index in [-0.39, 0.29) is 35.0 Å². The molecular formula is C21H19FN4O3S. The summed E-state index contributed by atoms with van der Waals surface area (Å²) >= 11 is 1.11. The number of halogens is 1. The molecule has 1 saturated heterocycles. The van der Waals surface area contributed by atoms with Gasteiger partial charge in [-0.3, -0.25) is 14.4 Å². The van der Waals surface area contributed by atoms with Crippen LogP contribution in [0.3, 0.4) is 0 Å². The quantitative estimate of drug-likeness (QED) is 0.420. The molecule has 2 aromatic carbocycles. The Labute approximate surface area is 176 Å². The van der Waals surface area contributed by atoms with Crippen LogP contribution in [0, 0.1) is 5.82 Å². The lowest BCUT2D eigenvalue weighted by atomic mass is 10.1. The Hall–Kier alpha value is -3.33. The van der Waals surface area contributed by atoms with Crippen molar-refractivity contribution in [1.29, 1.82) is 0 Å². The summed E-state index contributed by atoms with van der Waals surface area (Å²) in [5.41, 5.74) is 2.25. The predicted molar refractivity (Wildman–Crippen MR) is 115 cm³/mol. The molecule has 9 heteroatoms. The van der Waals surface area contributed by atoms with Crippen LogP contribution in [-0.4, -0.2) is 33.7 Å². The van der Waals surface area contributed by atoms with E-state index in [0.717, 1.165) is 11.8 Å². The maximum absolute atomic E-state index is 13.0. The average molecular weight is 426 g/mol. The number of thioether (sulfide) groups is 1. The number of anilines is 1. The van der Waals surface area contributed by atoms with Crippen molar-refractivity contribution in [2.75, 3.05) is 5.32 Å². The molecule has 0 unspecified atom stereocenters. The highest BCUT2D eigenvalue weighted by atomic mass is 32.2. The van der Waals surface area contributed by atoms with Gasteiger partial charge >= 0.3 is 0 Å². The third-order valence-electron chi connectivity index (χ3n) is 4.25. The van der Waals surface area contributed by atoms with Crippen LogP contribution in [0.25, 0.3) is 0 Å². The Morgan fingerprint density at radius 2 is 1.87 bits per heavy atom. The fourth-order valence-electron chi connectivity index (χ4n) is 2.65. The van der Waals surface area contributed by atoms with Gasteiger partial charge in [0.2, 0.25) is 11.8 Å². The minimum Gasteiger partial charge on any atom is -0.326 e. The molecule has 7 nitrogen and oxygen atoms in total. The first-order valence-corrected chi connectivity index (χ1v) is 9.96. The zero-order valence-corrected chi connectivity index (χ0v) is 17.1. The average Bonchev–Trinajstić information content (AvgIpc) is 3.06. The Morgan fingerprint density at radius 3 is 2.57 bits per heavy atom. The zero-order chi connectivity index (χ0) is 21.7. The van der Waals surface area contributed by atoms with E-state index in [1.165, 1.54) is 19.1 Å².